The van der Waals surface area contributed by atoms with Crippen molar-refractivity contribution >= 4 is 35.1 Å². The van der Waals surface area contributed by atoms with E-state index in [2.05, 4.69) is 10.6 Å². The Balaban J connectivity index is 1.65. The molecule has 9 heteroatoms. The van der Waals surface area contributed by atoms with Crippen molar-refractivity contribution in [1.29, 1.82) is 0 Å². The van der Waals surface area contributed by atoms with Crippen molar-refractivity contribution < 1.29 is 28.2 Å². The third-order valence-corrected chi connectivity index (χ3v) is 3.68. The molecule has 7 nitrogen and oxygen atoms in total. The van der Waals surface area contributed by atoms with Gasteiger partial charge in [-0.15, -0.1) is 0 Å². The molecule has 0 atom stereocenters. The average Bonchev–Trinajstić information content (AvgIpc) is 2.67. The molecule has 0 fully saturated rings. The minimum atomic E-state index is -0.761. The molecule has 2 rings (SSSR count). The molecule has 28 heavy (non-hydrogen) atoms. The highest BCUT2D eigenvalue weighted by Gasteiger charge is 2.11. The molecule has 0 bridgehead atoms. The van der Waals surface area contributed by atoms with Crippen LogP contribution < -0.4 is 15.4 Å². The summed E-state index contributed by atoms with van der Waals surface area (Å²) in [4.78, 5) is 35.0. The number of hydrogen-bond acceptors (Lipinski definition) is 5. The fourth-order valence-electron chi connectivity index (χ4n) is 2.01. The average molecular weight is 409 g/mol. The standard InChI is InChI=1S/C19H18ClFN2O5/c1-12-2-7-15(20)16(8-12)27-11-19(26)28-10-18(25)22-9-17(24)23-14-5-3-13(21)4-6-14/h2-8H,9-11H2,1H3,(H,22,25)(H,23,24). The first-order valence-electron chi connectivity index (χ1n) is 8.20. The van der Waals surface area contributed by atoms with E-state index in [9.17, 15) is 18.8 Å². The summed E-state index contributed by atoms with van der Waals surface area (Å²) in [5.74, 6) is -2.02. The Morgan fingerprint density at radius 2 is 1.75 bits per heavy atom. The third-order valence-electron chi connectivity index (χ3n) is 3.37. The Hall–Kier alpha value is -3.13. The Kier molecular flexibility index (Phi) is 7.76. The van der Waals surface area contributed by atoms with E-state index in [0.29, 0.717) is 16.5 Å². The van der Waals surface area contributed by atoms with E-state index in [-0.39, 0.29) is 6.54 Å². The lowest BCUT2D eigenvalue weighted by atomic mass is 10.2. The second-order valence-electron chi connectivity index (χ2n) is 5.72. The van der Waals surface area contributed by atoms with Gasteiger partial charge in [-0.05, 0) is 48.9 Å². The zero-order valence-corrected chi connectivity index (χ0v) is 15.7. The highest BCUT2D eigenvalue weighted by Crippen LogP contribution is 2.25. The predicted molar refractivity (Wildman–Crippen MR) is 101 cm³/mol. The first-order valence-corrected chi connectivity index (χ1v) is 8.58. The minimum Gasteiger partial charge on any atom is -0.480 e. The molecule has 0 saturated carbocycles. The molecule has 148 valence electrons. The number of hydrogen-bond donors (Lipinski definition) is 2. The molecule has 0 aliphatic heterocycles. The van der Waals surface area contributed by atoms with Crippen LogP contribution in [0.25, 0.3) is 0 Å². The Labute approximate surface area is 165 Å². The molecular weight excluding hydrogens is 391 g/mol. The maximum atomic E-state index is 12.8. The first kappa shape index (κ1) is 21.2. The van der Waals surface area contributed by atoms with E-state index >= 15 is 0 Å². The van der Waals surface area contributed by atoms with Gasteiger partial charge in [0.2, 0.25) is 5.91 Å². The van der Waals surface area contributed by atoms with Crippen LogP contribution in [0.2, 0.25) is 5.02 Å². The summed E-state index contributed by atoms with van der Waals surface area (Å²) in [6.07, 6.45) is 0. The number of rotatable bonds is 8. The third kappa shape index (κ3) is 7.24. The summed E-state index contributed by atoms with van der Waals surface area (Å²) in [6.45, 7) is 0.538. The smallest absolute Gasteiger partial charge is 0.344 e. The van der Waals surface area contributed by atoms with E-state index < -0.39 is 36.8 Å². The van der Waals surface area contributed by atoms with Crippen LogP contribution in [0.1, 0.15) is 5.56 Å². The zero-order valence-electron chi connectivity index (χ0n) is 15.0. The topological polar surface area (TPSA) is 93.7 Å². The summed E-state index contributed by atoms with van der Waals surface area (Å²) in [6, 6.07) is 10.3. The van der Waals surface area contributed by atoms with Crippen LogP contribution in [0.3, 0.4) is 0 Å². The number of amides is 2. The largest absolute Gasteiger partial charge is 0.480 e. The summed E-state index contributed by atoms with van der Waals surface area (Å²) in [5.41, 5.74) is 1.30. The maximum absolute atomic E-state index is 12.8. The van der Waals surface area contributed by atoms with Gasteiger partial charge in [0.25, 0.3) is 5.91 Å². The predicted octanol–water partition coefficient (Wildman–Crippen LogP) is 2.46. The van der Waals surface area contributed by atoms with E-state index in [4.69, 9.17) is 21.1 Å². The molecule has 0 aliphatic rings. The maximum Gasteiger partial charge on any atom is 0.344 e. The lowest BCUT2D eigenvalue weighted by molar-refractivity contribution is -0.150. The molecule has 0 heterocycles. The molecule has 0 aromatic heterocycles. The number of nitrogens with one attached hydrogen (secondary N) is 2. The van der Waals surface area contributed by atoms with Crippen LogP contribution in [-0.4, -0.2) is 37.5 Å². The van der Waals surface area contributed by atoms with Crippen molar-refractivity contribution in [2.75, 3.05) is 25.1 Å². The van der Waals surface area contributed by atoms with Crippen molar-refractivity contribution in [1.82, 2.24) is 5.32 Å². The molecule has 0 spiro atoms. The fourth-order valence-corrected chi connectivity index (χ4v) is 2.19. The molecule has 2 amide bonds. The molecule has 0 aliphatic carbocycles. The summed E-state index contributed by atoms with van der Waals surface area (Å²) in [5, 5.41) is 5.12. The van der Waals surface area contributed by atoms with Crippen molar-refractivity contribution in [3.05, 3.63) is 58.9 Å². The Morgan fingerprint density at radius 1 is 1.04 bits per heavy atom. The number of halogens is 2. The lowest BCUT2D eigenvalue weighted by Crippen LogP contribution is -2.36. The van der Waals surface area contributed by atoms with Gasteiger partial charge in [-0.1, -0.05) is 17.7 Å². The van der Waals surface area contributed by atoms with Crippen LogP contribution in [0.5, 0.6) is 5.75 Å². The van der Waals surface area contributed by atoms with Gasteiger partial charge in [0, 0.05) is 5.69 Å². The molecule has 2 N–H and O–H groups in total. The van der Waals surface area contributed by atoms with E-state index in [1.54, 1.807) is 18.2 Å². The molecule has 2 aromatic rings. The van der Waals surface area contributed by atoms with Crippen LogP contribution >= 0.6 is 11.6 Å². The highest BCUT2D eigenvalue weighted by atomic mass is 35.5. The highest BCUT2D eigenvalue weighted by molar-refractivity contribution is 6.32. The molecular formula is C19H18ClFN2O5. The van der Waals surface area contributed by atoms with Gasteiger partial charge in [-0.25, -0.2) is 9.18 Å². The normalized spacial score (nSPS) is 10.1. The number of ether oxygens (including phenoxy) is 2. The van der Waals surface area contributed by atoms with Crippen LogP contribution in [0.4, 0.5) is 10.1 Å². The van der Waals surface area contributed by atoms with Gasteiger partial charge in [-0.2, -0.15) is 0 Å². The first-order chi connectivity index (χ1) is 13.3. The number of carbonyl (C=O) groups is 3. The summed E-state index contributed by atoms with van der Waals surface area (Å²) >= 11 is 5.95. The van der Waals surface area contributed by atoms with E-state index in [1.807, 2.05) is 6.92 Å². The molecule has 2 aromatic carbocycles. The number of aryl methyl sites for hydroxylation is 1. The SMILES string of the molecule is Cc1ccc(Cl)c(OCC(=O)OCC(=O)NCC(=O)Nc2ccc(F)cc2)c1. The minimum absolute atomic E-state index is 0.330. The van der Waals surface area contributed by atoms with Gasteiger partial charge in [0.15, 0.2) is 13.2 Å². The lowest BCUT2D eigenvalue weighted by Gasteiger charge is -2.09. The summed E-state index contributed by atoms with van der Waals surface area (Å²) < 4.78 is 22.8. The quantitative estimate of drug-likeness (QED) is 0.654. The van der Waals surface area contributed by atoms with E-state index in [1.165, 1.54) is 24.3 Å². The van der Waals surface area contributed by atoms with Crippen molar-refractivity contribution in [3.8, 4) is 5.75 Å². The van der Waals surface area contributed by atoms with Crippen LogP contribution in [-0.2, 0) is 19.1 Å². The van der Waals surface area contributed by atoms with Crippen molar-refractivity contribution in [2.45, 2.75) is 6.92 Å². The second-order valence-corrected chi connectivity index (χ2v) is 6.12. The Morgan fingerprint density at radius 3 is 2.46 bits per heavy atom. The van der Waals surface area contributed by atoms with E-state index in [0.717, 1.165) is 5.56 Å². The van der Waals surface area contributed by atoms with Gasteiger partial charge in [0.1, 0.15) is 11.6 Å². The van der Waals surface area contributed by atoms with Gasteiger partial charge in [-0.3, -0.25) is 9.59 Å². The molecule has 0 saturated heterocycles. The second kappa shape index (κ2) is 10.3. The van der Waals surface area contributed by atoms with Gasteiger partial charge < -0.3 is 20.1 Å². The van der Waals surface area contributed by atoms with Gasteiger partial charge in [0.05, 0.1) is 11.6 Å². The Bertz CT molecular complexity index is 858. The number of esters is 1. The zero-order chi connectivity index (χ0) is 20.5. The van der Waals surface area contributed by atoms with Crippen molar-refractivity contribution in [2.24, 2.45) is 0 Å². The number of carbonyl (C=O) groups excluding carboxylic acids is 3. The van der Waals surface area contributed by atoms with Gasteiger partial charge >= 0.3 is 5.97 Å². The molecule has 0 unspecified atom stereocenters. The fraction of sp³-hybridized carbons (Fsp3) is 0.211. The number of anilines is 1. The molecule has 0 radical (unpaired) electrons. The monoisotopic (exact) mass is 408 g/mol. The van der Waals surface area contributed by atoms with Crippen molar-refractivity contribution in [3.63, 3.8) is 0 Å². The number of benzene rings is 2. The summed E-state index contributed by atoms with van der Waals surface area (Å²) in [7, 11) is 0. The van der Waals surface area contributed by atoms with Crippen LogP contribution in [0, 0.1) is 12.7 Å². The van der Waals surface area contributed by atoms with Crippen LogP contribution in [0.15, 0.2) is 42.5 Å².